The van der Waals surface area contributed by atoms with Crippen LogP contribution in [0, 0.1) is 3.70 Å². The number of aromatic nitrogens is 2. The molecule has 1 aliphatic heterocycles. The van der Waals surface area contributed by atoms with Gasteiger partial charge in [0.05, 0.1) is 27.1 Å². The molecule has 0 amide bonds. The maximum Gasteiger partial charge on any atom is 0.163 e. The number of fused-ring (bicyclic) bond motifs is 1. The number of ketones is 1. The fourth-order valence-corrected chi connectivity index (χ4v) is 5.27. The van der Waals surface area contributed by atoms with Crippen molar-refractivity contribution in [2.75, 3.05) is 23.7 Å². The predicted octanol–water partition coefficient (Wildman–Crippen LogP) is 3.75. The number of pyridine rings is 1. The van der Waals surface area contributed by atoms with Gasteiger partial charge in [-0.15, -0.1) is 0 Å². The fraction of sp³-hybridized carbons (Fsp3) is 0.429. The van der Waals surface area contributed by atoms with Gasteiger partial charge in [0.2, 0.25) is 0 Å². The second-order valence-electron chi connectivity index (χ2n) is 5.72. The molecule has 1 aliphatic rings. The zero-order valence-electron chi connectivity index (χ0n) is 12.7. The average molecular weight is 470 g/mol. The highest BCUT2D eigenvalue weighted by molar-refractivity contribution is 14.1. The number of halogens is 2. The lowest BCUT2D eigenvalue weighted by molar-refractivity contribution is 0.101. The summed E-state index contributed by atoms with van der Waals surface area (Å²) in [6.07, 6.45) is 1.65. The van der Waals surface area contributed by atoms with Gasteiger partial charge < -0.3 is 4.90 Å². The molecule has 23 heavy (non-hydrogen) atoms. The molecule has 2 N–H and O–H groups in total. The van der Waals surface area contributed by atoms with Crippen LogP contribution in [0.25, 0.3) is 5.52 Å². The molecule has 3 rings (SSSR count). The van der Waals surface area contributed by atoms with Crippen LogP contribution in [-0.4, -0.2) is 48.4 Å². The van der Waals surface area contributed by atoms with E-state index in [0.29, 0.717) is 35.2 Å². The van der Waals surface area contributed by atoms with Gasteiger partial charge in [0.15, 0.2) is 5.78 Å². The summed E-state index contributed by atoms with van der Waals surface area (Å²) >= 11 is 8.43. The van der Waals surface area contributed by atoms with E-state index >= 15 is 0 Å². The number of carbonyl (C=O) groups is 1. The Morgan fingerprint density at radius 3 is 2.83 bits per heavy atom. The topological polar surface area (TPSA) is 78.1 Å². The van der Waals surface area contributed by atoms with Crippen LogP contribution in [0.1, 0.15) is 24.2 Å². The summed E-state index contributed by atoms with van der Waals surface area (Å²) in [6.45, 7) is 4.26. The Labute approximate surface area is 154 Å². The number of hydrogen-bond acceptors (Lipinski definition) is 5. The van der Waals surface area contributed by atoms with E-state index in [0.717, 1.165) is 9.22 Å². The molecule has 0 spiro atoms. The van der Waals surface area contributed by atoms with Crippen LogP contribution < -0.4 is 4.90 Å². The average Bonchev–Trinajstić information content (AvgIpc) is 2.85. The van der Waals surface area contributed by atoms with Gasteiger partial charge in [-0.2, -0.15) is 10.6 Å². The van der Waals surface area contributed by atoms with Crippen molar-refractivity contribution in [3.05, 3.63) is 26.7 Å². The van der Waals surface area contributed by atoms with Crippen molar-refractivity contribution in [2.24, 2.45) is 0 Å². The van der Waals surface area contributed by atoms with Gasteiger partial charge in [-0.25, -0.2) is 4.98 Å². The van der Waals surface area contributed by atoms with Crippen LogP contribution >= 0.6 is 44.8 Å². The van der Waals surface area contributed by atoms with E-state index in [9.17, 15) is 13.9 Å². The Kier molecular flexibility index (Phi) is 4.56. The smallest absolute Gasteiger partial charge is 0.163 e. The van der Waals surface area contributed by atoms with Crippen molar-refractivity contribution in [2.45, 2.75) is 19.1 Å². The first-order valence-electron chi connectivity index (χ1n) is 7.08. The third-order valence-corrected chi connectivity index (χ3v) is 7.45. The number of imidazole rings is 1. The molecular formula is C14H17ClIN3O3S. The van der Waals surface area contributed by atoms with Crippen LogP contribution in [0.4, 0.5) is 5.82 Å². The second kappa shape index (κ2) is 6.07. The highest BCUT2D eigenvalue weighted by Gasteiger charge is 2.32. The molecule has 0 aliphatic carbocycles. The number of nitrogens with zero attached hydrogens (tertiary/aromatic N) is 3. The van der Waals surface area contributed by atoms with E-state index in [4.69, 9.17) is 11.6 Å². The quantitative estimate of drug-likeness (QED) is 0.517. The zero-order chi connectivity index (χ0) is 16.9. The normalized spacial score (nSPS) is 22.3. The van der Waals surface area contributed by atoms with Crippen molar-refractivity contribution >= 4 is 61.9 Å². The maximum absolute atomic E-state index is 12.1. The molecule has 1 fully saturated rings. The lowest BCUT2D eigenvalue weighted by atomic mass is 10.1. The number of carbonyl (C=O) groups excluding carboxylic acids is 1. The number of hydrogen-bond donors (Lipinski definition) is 2. The molecule has 1 saturated heterocycles. The van der Waals surface area contributed by atoms with E-state index in [1.165, 1.54) is 6.92 Å². The molecule has 1 atom stereocenters. The van der Waals surface area contributed by atoms with Crippen molar-refractivity contribution in [1.82, 2.24) is 9.38 Å². The van der Waals surface area contributed by atoms with Crippen molar-refractivity contribution < 1.29 is 13.9 Å². The maximum atomic E-state index is 12.1. The molecule has 0 aromatic carbocycles. The van der Waals surface area contributed by atoms with E-state index in [1.54, 1.807) is 12.4 Å². The largest absolute Gasteiger partial charge is 0.354 e. The molecule has 9 heteroatoms. The van der Waals surface area contributed by atoms with Crippen molar-refractivity contribution in [3.8, 4) is 0 Å². The summed E-state index contributed by atoms with van der Waals surface area (Å²) in [6, 6.07) is 1.68. The van der Waals surface area contributed by atoms with Gasteiger partial charge in [-0.1, -0.05) is 11.6 Å². The van der Waals surface area contributed by atoms with Crippen LogP contribution in [-0.2, 0) is 0 Å². The Hall–Kier alpha value is -0.550. The van der Waals surface area contributed by atoms with E-state index in [-0.39, 0.29) is 11.0 Å². The van der Waals surface area contributed by atoms with Gasteiger partial charge in [0.25, 0.3) is 0 Å². The molecule has 0 saturated carbocycles. The minimum Gasteiger partial charge on any atom is -0.354 e. The fourth-order valence-electron chi connectivity index (χ4n) is 2.83. The highest BCUT2D eigenvalue weighted by Crippen LogP contribution is 2.47. The molecule has 2 aromatic rings. The Balaban J connectivity index is 2.18. The van der Waals surface area contributed by atoms with E-state index in [2.05, 4.69) is 27.6 Å². The first-order valence-corrected chi connectivity index (χ1v) is 10.3. The van der Waals surface area contributed by atoms with Gasteiger partial charge in [-0.05, 0) is 42.5 Å². The molecule has 1 unspecified atom stereocenters. The Morgan fingerprint density at radius 2 is 2.22 bits per heavy atom. The van der Waals surface area contributed by atoms with Crippen molar-refractivity contribution in [3.63, 3.8) is 0 Å². The van der Waals surface area contributed by atoms with Gasteiger partial charge in [-0.3, -0.25) is 18.3 Å². The summed E-state index contributed by atoms with van der Waals surface area (Å²) in [5.41, 5.74) is 1.28. The summed E-state index contributed by atoms with van der Waals surface area (Å²) in [5, 5.41) is 0.222. The zero-order valence-corrected chi connectivity index (χ0v) is 16.4. The predicted molar refractivity (Wildman–Crippen MR) is 102 cm³/mol. The molecule has 0 bridgehead atoms. The molecule has 6 nitrogen and oxygen atoms in total. The van der Waals surface area contributed by atoms with E-state index < -0.39 is 10.6 Å². The molecule has 0 radical (unpaired) electrons. The summed E-state index contributed by atoms with van der Waals surface area (Å²) < 4.78 is 22.7. The Morgan fingerprint density at radius 1 is 1.52 bits per heavy atom. The summed E-state index contributed by atoms with van der Waals surface area (Å²) in [7, 11) is -2.57. The number of Topliss-reactive ketones (excluding diaryl/α,β-unsaturated/α-hetero) is 1. The molecule has 2 aromatic heterocycles. The minimum absolute atomic E-state index is 0.0858. The third-order valence-electron chi connectivity index (χ3n) is 4.15. The number of rotatable bonds is 2. The third kappa shape index (κ3) is 2.95. The van der Waals surface area contributed by atoms with Crippen molar-refractivity contribution in [1.29, 1.82) is 0 Å². The minimum atomic E-state index is -2.57. The van der Waals surface area contributed by atoms with Crippen LogP contribution in [0.15, 0.2) is 12.4 Å². The van der Waals surface area contributed by atoms with Gasteiger partial charge in [0, 0.05) is 13.1 Å². The molecule has 3 heterocycles. The lowest BCUT2D eigenvalue weighted by Crippen LogP contribution is -2.44. The summed E-state index contributed by atoms with van der Waals surface area (Å²) in [4.78, 5) is 18.4. The SMILES string of the molecule is CC(=O)c1cc(Cl)c2c(I)ncn2c1N1CCS(O)(O)C(C)C1. The highest BCUT2D eigenvalue weighted by atomic mass is 127. The lowest BCUT2D eigenvalue weighted by Gasteiger charge is -2.47. The molecular weight excluding hydrogens is 453 g/mol. The van der Waals surface area contributed by atoms with Crippen LogP contribution in [0.2, 0.25) is 5.02 Å². The first-order chi connectivity index (χ1) is 10.7. The Bertz CT molecular complexity index is 795. The van der Waals surface area contributed by atoms with Crippen LogP contribution in [0.3, 0.4) is 0 Å². The van der Waals surface area contributed by atoms with E-state index in [1.807, 2.05) is 16.2 Å². The number of anilines is 1. The van der Waals surface area contributed by atoms with Gasteiger partial charge in [0.1, 0.15) is 15.8 Å². The first kappa shape index (κ1) is 17.3. The standard InChI is InChI=1S/C14H17ClIN3O3S/c1-8-6-18(3-4-23(8,21)22)14-10(9(2)20)5-11(15)12-13(16)17-7-19(12)14/h5,7-8,21-22H,3-4,6H2,1-2H3. The molecule has 126 valence electrons. The van der Waals surface area contributed by atoms with Gasteiger partial charge >= 0.3 is 0 Å². The monoisotopic (exact) mass is 469 g/mol. The summed E-state index contributed by atoms with van der Waals surface area (Å²) in [5.74, 6) is 0.924. The second-order valence-corrected chi connectivity index (χ2v) is 9.79. The van der Waals surface area contributed by atoms with Crippen LogP contribution in [0.5, 0.6) is 0 Å².